The highest BCUT2D eigenvalue weighted by Crippen LogP contribution is 2.19. The molecule has 23 heavy (non-hydrogen) atoms. The molecule has 130 valence electrons. The van der Waals surface area contributed by atoms with Gasteiger partial charge in [-0.05, 0) is 52.5 Å². The van der Waals surface area contributed by atoms with Gasteiger partial charge < -0.3 is 15.0 Å². The molecule has 5 nitrogen and oxygen atoms in total. The van der Waals surface area contributed by atoms with E-state index in [1.165, 1.54) is 9.88 Å². The van der Waals surface area contributed by atoms with Crippen LogP contribution in [0.25, 0.3) is 0 Å². The van der Waals surface area contributed by atoms with Crippen LogP contribution in [-0.4, -0.2) is 41.2 Å². The lowest BCUT2D eigenvalue weighted by atomic mass is 9.97. The predicted molar refractivity (Wildman–Crippen MR) is 93.7 cm³/mol. The number of thiazole rings is 1. The fraction of sp³-hybridized carbons (Fsp3) is 0.765. The van der Waals surface area contributed by atoms with Crippen molar-refractivity contribution in [2.75, 3.05) is 19.6 Å². The fourth-order valence-electron chi connectivity index (χ4n) is 2.64. The van der Waals surface area contributed by atoms with Gasteiger partial charge in [0.15, 0.2) is 0 Å². The summed E-state index contributed by atoms with van der Waals surface area (Å²) in [7, 11) is 0. The summed E-state index contributed by atoms with van der Waals surface area (Å²) in [5, 5.41) is 4.73. The van der Waals surface area contributed by atoms with Crippen LogP contribution in [0.1, 0.15) is 50.4 Å². The van der Waals surface area contributed by atoms with Crippen LogP contribution in [0.2, 0.25) is 0 Å². The van der Waals surface area contributed by atoms with Crippen molar-refractivity contribution in [3.63, 3.8) is 0 Å². The molecule has 0 atom stereocenters. The molecule has 0 saturated carbocycles. The van der Waals surface area contributed by atoms with E-state index in [0.717, 1.165) is 45.4 Å². The molecule has 0 aliphatic carbocycles. The standard InChI is InChI=1S/C17H29N3O2S/c1-5-15-19-12-14(23-15)11-18-10-13-6-8-20(9-7-13)16(21)22-17(2,3)4/h12-13,18H,5-11H2,1-4H3. The number of aromatic nitrogens is 1. The van der Waals surface area contributed by atoms with Gasteiger partial charge in [0.25, 0.3) is 0 Å². The van der Waals surface area contributed by atoms with Gasteiger partial charge in [-0.3, -0.25) is 0 Å². The number of piperidine rings is 1. The molecule has 1 aliphatic heterocycles. The van der Waals surface area contributed by atoms with Gasteiger partial charge in [-0.1, -0.05) is 6.92 Å². The lowest BCUT2D eigenvalue weighted by Gasteiger charge is -2.33. The van der Waals surface area contributed by atoms with E-state index in [1.54, 1.807) is 11.3 Å². The Balaban J connectivity index is 1.65. The average Bonchev–Trinajstić information content (AvgIpc) is 2.94. The van der Waals surface area contributed by atoms with Gasteiger partial charge in [-0.25, -0.2) is 9.78 Å². The Bertz CT molecular complexity index is 502. The lowest BCUT2D eigenvalue weighted by Crippen LogP contribution is -2.43. The third-order valence-electron chi connectivity index (χ3n) is 3.90. The third kappa shape index (κ3) is 6.11. The van der Waals surface area contributed by atoms with Gasteiger partial charge in [-0.2, -0.15) is 0 Å². The maximum absolute atomic E-state index is 12.0. The van der Waals surface area contributed by atoms with E-state index in [4.69, 9.17) is 4.74 Å². The minimum Gasteiger partial charge on any atom is -0.444 e. The first-order valence-electron chi connectivity index (χ1n) is 8.49. The molecule has 0 bridgehead atoms. The van der Waals surface area contributed by atoms with Crippen LogP contribution in [0.15, 0.2) is 6.20 Å². The molecular formula is C17H29N3O2S. The zero-order valence-electron chi connectivity index (χ0n) is 14.7. The number of likely N-dealkylation sites (tertiary alicyclic amines) is 1. The third-order valence-corrected chi connectivity index (χ3v) is 5.04. The molecule has 0 aromatic carbocycles. The number of nitrogens with one attached hydrogen (secondary N) is 1. The number of carbonyl (C=O) groups excluding carboxylic acids is 1. The normalized spacial score (nSPS) is 16.6. The fourth-order valence-corrected chi connectivity index (χ4v) is 3.47. The molecule has 0 radical (unpaired) electrons. The zero-order valence-corrected chi connectivity index (χ0v) is 15.5. The van der Waals surface area contributed by atoms with Crippen LogP contribution in [0.5, 0.6) is 0 Å². The minimum absolute atomic E-state index is 0.180. The second-order valence-corrected chi connectivity index (χ2v) is 8.32. The smallest absolute Gasteiger partial charge is 0.410 e. The van der Waals surface area contributed by atoms with E-state index in [0.29, 0.717) is 5.92 Å². The van der Waals surface area contributed by atoms with Gasteiger partial charge >= 0.3 is 6.09 Å². The van der Waals surface area contributed by atoms with Gasteiger partial charge in [0.1, 0.15) is 5.60 Å². The SMILES string of the molecule is CCc1ncc(CNCC2CCN(C(=O)OC(C)(C)C)CC2)s1. The Hall–Kier alpha value is -1.14. The largest absolute Gasteiger partial charge is 0.444 e. The van der Waals surface area contributed by atoms with Crippen LogP contribution < -0.4 is 5.32 Å². The number of hydrogen-bond acceptors (Lipinski definition) is 5. The number of ether oxygens (including phenoxy) is 1. The van der Waals surface area contributed by atoms with E-state index < -0.39 is 5.60 Å². The molecule has 2 heterocycles. The Morgan fingerprint density at radius 1 is 1.43 bits per heavy atom. The van der Waals surface area contributed by atoms with Crippen LogP contribution in [0.3, 0.4) is 0 Å². The first kappa shape index (κ1) is 18.2. The summed E-state index contributed by atoms with van der Waals surface area (Å²) in [6.07, 6.45) is 4.88. The molecular weight excluding hydrogens is 310 g/mol. The number of hydrogen-bond donors (Lipinski definition) is 1. The highest BCUT2D eigenvalue weighted by Gasteiger charge is 2.26. The van der Waals surface area contributed by atoms with Crippen LogP contribution in [-0.2, 0) is 17.7 Å². The number of rotatable bonds is 5. The van der Waals surface area contributed by atoms with Gasteiger partial charge in [0.2, 0.25) is 0 Å². The summed E-state index contributed by atoms with van der Waals surface area (Å²) in [5.74, 6) is 0.632. The van der Waals surface area contributed by atoms with Crippen molar-refractivity contribution in [1.82, 2.24) is 15.2 Å². The van der Waals surface area contributed by atoms with Crippen LogP contribution in [0, 0.1) is 5.92 Å². The maximum atomic E-state index is 12.0. The monoisotopic (exact) mass is 339 g/mol. The van der Waals surface area contributed by atoms with Crippen molar-refractivity contribution in [2.45, 2.75) is 59.1 Å². The second kappa shape index (κ2) is 8.11. The van der Waals surface area contributed by atoms with E-state index in [9.17, 15) is 4.79 Å². The van der Waals surface area contributed by atoms with Crippen molar-refractivity contribution in [3.8, 4) is 0 Å². The summed E-state index contributed by atoms with van der Waals surface area (Å²) in [6.45, 7) is 11.3. The Morgan fingerprint density at radius 2 is 2.13 bits per heavy atom. The van der Waals surface area contributed by atoms with Crippen molar-refractivity contribution in [1.29, 1.82) is 0 Å². The summed E-state index contributed by atoms with van der Waals surface area (Å²) in [4.78, 5) is 19.5. The van der Waals surface area contributed by atoms with Crippen molar-refractivity contribution >= 4 is 17.4 Å². The molecule has 0 unspecified atom stereocenters. The van der Waals surface area contributed by atoms with Crippen LogP contribution >= 0.6 is 11.3 Å². The number of carbonyl (C=O) groups is 1. The average molecular weight is 340 g/mol. The summed E-state index contributed by atoms with van der Waals surface area (Å²) < 4.78 is 5.43. The summed E-state index contributed by atoms with van der Waals surface area (Å²) >= 11 is 1.79. The summed E-state index contributed by atoms with van der Waals surface area (Å²) in [6, 6.07) is 0. The molecule has 6 heteroatoms. The molecule has 1 amide bonds. The predicted octanol–water partition coefficient (Wildman–Crippen LogP) is 3.44. The zero-order chi connectivity index (χ0) is 16.9. The molecule has 1 aromatic heterocycles. The van der Waals surface area contributed by atoms with E-state index in [1.807, 2.05) is 31.9 Å². The molecule has 1 fully saturated rings. The Kier molecular flexibility index (Phi) is 6.41. The molecule has 1 aromatic rings. The van der Waals surface area contributed by atoms with E-state index in [-0.39, 0.29) is 6.09 Å². The quantitative estimate of drug-likeness (QED) is 0.893. The lowest BCUT2D eigenvalue weighted by molar-refractivity contribution is 0.0184. The molecule has 2 rings (SSSR count). The first-order valence-corrected chi connectivity index (χ1v) is 9.31. The molecule has 1 N–H and O–H groups in total. The van der Waals surface area contributed by atoms with Gasteiger partial charge in [0.05, 0.1) is 5.01 Å². The molecule has 0 spiro atoms. The summed E-state index contributed by atoms with van der Waals surface area (Å²) in [5.41, 5.74) is -0.415. The molecule has 1 saturated heterocycles. The molecule has 1 aliphatic rings. The number of amides is 1. The van der Waals surface area contributed by atoms with Crippen molar-refractivity contribution < 1.29 is 9.53 Å². The maximum Gasteiger partial charge on any atom is 0.410 e. The Labute approximate surface area is 143 Å². The topological polar surface area (TPSA) is 54.5 Å². The number of aryl methyl sites for hydroxylation is 1. The highest BCUT2D eigenvalue weighted by atomic mass is 32.1. The van der Waals surface area contributed by atoms with Crippen molar-refractivity contribution in [3.05, 3.63) is 16.1 Å². The van der Waals surface area contributed by atoms with Gasteiger partial charge in [-0.15, -0.1) is 11.3 Å². The minimum atomic E-state index is -0.415. The van der Waals surface area contributed by atoms with Crippen LogP contribution in [0.4, 0.5) is 4.79 Å². The van der Waals surface area contributed by atoms with E-state index >= 15 is 0 Å². The van der Waals surface area contributed by atoms with Gasteiger partial charge in [0, 0.05) is 30.7 Å². The number of nitrogens with zero attached hydrogens (tertiary/aromatic N) is 2. The van der Waals surface area contributed by atoms with Crippen molar-refractivity contribution in [2.24, 2.45) is 5.92 Å². The Morgan fingerprint density at radius 3 is 2.70 bits per heavy atom. The first-order chi connectivity index (χ1) is 10.9. The highest BCUT2D eigenvalue weighted by molar-refractivity contribution is 7.11. The second-order valence-electron chi connectivity index (χ2n) is 7.12. The van der Waals surface area contributed by atoms with E-state index in [2.05, 4.69) is 17.2 Å².